The average Bonchev–Trinajstić information content (AvgIpc) is 3.31. The first kappa shape index (κ1) is 24.2. The van der Waals surface area contributed by atoms with E-state index in [-0.39, 0.29) is 11.9 Å². The van der Waals surface area contributed by atoms with Gasteiger partial charge in [-0.2, -0.15) is 0 Å². The molecule has 0 aliphatic rings. The highest BCUT2D eigenvalue weighted by Gasteiger charge is 2.11. The number of amides is 3. The van der Waals surface area contributed by atoms with Crippen LogP contribution in [0.15, 0.2) is 66.0 Å². The summed E-state index contributed by atoms with van der Waals surface area (Å²) >= 11 is 1.39. The highest BCUT2D eigenvalue weighted by molar-refractivity contribution is 7.09. The van der Waals surface area contributed by atoms with E-state index < -0.39 is 0 Å². The Bertz CT molecular complexity index is 1310. The summed E-state index contributed by atoms with van der Waals surface area (Å²) in [6.07, 6.45) is 0.599. The van der Waals surface area contributed by atoms with Gasteiger partial charge in [-0.15, -0.1) is 11.3 Å². The number of benzene rings is 3. The zero-order chi connectivity index (χ0) is 24.6. The lowest BCUT2D eigenvalue weighted by atomic mass is 10.1. The normalized spacial score (nSPS) is 10.7. The monoisotopic (exact) mass is 488 g/mol. The van der Waals surface area contributed by atoms with Crippen LogP contribution >= 0.6 is 11.3 Å². The molecular formula is C27H28N4O3S. The molecule has 0 spiro atoms. The molecule has 0 unspecified atom stereocenters. The number of rotatable bonds is 9. The summed E-state index contributed by atoms with van der Waals surface area (Å²) in [4.78, 5) is 29.0. The number of nitrogens with one attached hydrogen (secondary N) is 3. The summed E-state index contributed by atoms with van der Waals surface area (Å²) in [5.41, 5.74) is 3.41. The Kier molecular flexibility index (Phi) is 7.95. The fraction of sp³-hybridized carbons (Fsp3) is 0.222. The van der Waals surface area contributed by atoms with Crippen molar-refractivity contribution in [3.8, 4) is 5.75 Å². The van der Waals surface area contributed by atoms with E-state index in [0.717, 1.165) is 38.3 Å². The molecule has 0 bridgehead atoms. The molecule has 3 N–H and O–H groups in total. The highest BCUT2D eigenvalue weighted by atomic mass is 32.1. The lowest BCUT2D eigenvalue weighted by Crippen LogP contribution is -2.32. The maximum atomic E-state index is 12.4. The summed E-state index contributed by atoms with van der Waals surface area (Å²) in [7, 11) is 0. The molecule has 0 saturated heterocycles. The number of aryl methyl sites for hydroxylation is 2. The molecule has 0 aliphatic heterocycles. The van der Waals surface area contributed by atoms with Gasteiger partial charge in [0.15, 0.2) is 0 Å². The Labute approximate surface area is 208 Å². The van der Waals surface area contributed by atoms with Crippen molar-refractivity contribution in [2.75, 3.05) is 18.4 Å². The van der Waals surface area contributed by atoms with Gasteiger partial charge in [0.2, 0.25) is 0 Å². The molecule has 8 heteroatoms. The topological polar surface area (TPSA) is 92.3 Å². The van der Waals surface area contributed by atoms with Crippen molar-refractivity contribution >= 4 is 39.7 Å². The molecule has 0 atom stereocenters. The van der Waals surface area contributed by atoms with Crippen LogP contribution in [-0.4, -0.2) is 30.0 Å². The van der Waals surface area contributed by atoms with Crippen LogP contribution in [0.2, 0.25) is 0 Å². The Morgan fingerprint density at radius 2 is 1.69 bits per heavy atom. The van der Waals surface area contributed by atoms with Gasteiger partial charge in [0.05, 0.1) is 5.69 Å². The molecule has 0 aliphatic carbocycles. The van der Waals surface area contributed by atoms with Crippen molar-refractivity contribution in [3.05, 3.63) is 87.9 Å². The largest absolute Gasteiger partial charge is 0.486 e. The van der Waals surface area contributed by atoms with E-state index >= 15 is 0 Å². The summed E-state index contributed by atoms with van der Waals surface area (Å²) in [6, 6.07) is 19.4. The van der Waals surface area contributed by atoms with Crippen molar-refractivity contribution in [3.63, 3.8) is 0 Å². The first-order valence-corrected chi connectivity index (χ1v) is 12.3. The van der Waals surface area contributed by atoms with Crippen LogP contribution in [0.25, 0.3) is 10.8 Å². The average molecular weight is 489 g/mol. The van der Waals surface area contributed by atoms with E-state index in [1.807, 2.05) is 68.4 Å². The minimum atomic E-state index is -0.277. The van der Waals surface area contributed by atoms with Crippen molar-refractivity contribution in [2.24, 2.45) is 0 Å². The zero-order valence-electron chi connectivity index (χ0n) is 19.8. The number of hydrogen-bond acceptors (Lipinski definition) is 5. The second-order valence-electron chi connectivity index (χ2n) is 8.26. The molecule has 0 radical (unpaired) electrons. The summed E-state index contributed by atoms with van der Waals surface area (Å²) in [5, 5.41) is 13.1. The van der Waals surface area contributed by atoms with Crippen LogP contribution in [0, 0.1) is 13.8 Å². The molecule has 3 aromatic carbocycles. The fourth-order valence-corrected chi connectivity index (χ4v) is 4.41. The Morgan fingerprint density at radius 1 is 0.943 bits per heavy atom. The molecule has 7 nitrogen and oxygen atoms in total. The Hall–Kier alpha value is -3.91. The smallest absolute Gasteiger partial charge is 0.319 e. The Balaban J connectivity index is 1.16. The summed E-state index contributed by atoms with van der Waals surface area (Å²) in [6.45, 7) is 5.23. The molecular weight excluding hydrogens is 460 g/mol. The van der Waals surface area contributed by atoms with E-state index in [4.69, 9.17) is 4.74 Å². The Morgan fingerprint density at radius 3 is 2.51 bits per heavy atom. The number of ether oxygens (including phenoxy) is 1. The standard InChI is InChI=1S/C27H28N4O3S/c1-18-13-19(2)15-21(14-18)34-16-25-30-24(17-35-25)26(32)28-11-6-12-29-27(33)31-23-10-5-8-20-7-3-4-9-22(20)23/h3-5,7-10,13-15,17H,6,11-12,16H2,1-2H3,(H,28,32)(H2,29,31,33). The predicted molar refractivity (Wildman–Crippen MR) is 140 cm³/mol. The highest BCUT2D eigenvalue weighted by Crippen LogP contribution is 2.23. The quantitative estimate of drug-likeness (QED) is 0.274. The van der Waals surface area contributed by atoms with Gasteiger partial charge in [-0.05, 0) is 55.0 Å². The third-order valence-electron chi connectivity index (χ3n) is 5.30. The summed E-state index contributed by atoms with van der Waals surface area (Å²) in [5.74, 6) is 0.555. The number of carbonyl (C=O) groups is 2. The van der Waals surface area contributed by atoms with Gasteiger partial charge in [0.1, 0.15) is 23.1 Å². The van der Waals surface area contributed by atoms with Gasteiger partial charge in [-0.3, -0.25) is 4.79 Å². The number of carbonyl (C=O) groups excluding carboxylic acids is 2. The maximum absolute atomic E-state index is 12.4. The molecule has 0 fully saturated rings. The van der Waals surface area contributed by atoms with Crippen LogP contribution < -0.4 is 20.7 Å². The van der Waals surface area contributed by atoms with Gasteiger partial charge >= 0.3 is 6.03 Å². The number of hydrogen-bond donors (Lipinski definition) is 3. The van der Waals surface area contributed by atoms with Crippen LogP contribution in [0.4, 0.5) is 10.5 Å². The van der Waals surface area contributed by atoms with Crippen LogP contribution in [-0.2, 0) is 6.61 Å². The van der Waals surface area contributed by atoms with E-state index in [1.54, 1.807) is 5.38 Å². The molecule has 0 saturated carbocycles. The molecule has 1 heterocycles. The molecule has 180 valence electrons. The minimum Gasteiger partial charge on any atom is -0.486 e. The third-order valence-corrected chi connectivity index (χ3v) is 6.13. The molecule has 4 rings (SSSR count). The molecule has 1 aromatic heterocycles. The third kappa shape index (κ3) is 6.80. The van der Waals surface area contributed by atoms with Crippen molar-refractivity contribution in [1.82, 2.24) is 15.6 Å². The first-order chi connectivity index (χ1) is 17.0. The van der Waals surface area contributed by atoms with E-state index in [9.17, 15) is 9.59 Å². The lowest BCUT2D eigenvalue weighted by molar-refractivity contribution is 0.0948. The maximum Gasteiger partial charge on any atom is 0.319 e. The number of thiazole rings is 1. The second kappa shape index (κ2) is 11.5. The number of anilines is 1. The van der Waals surface area contributed by atoms with Crippen molar-refractivity contribution in [2.45, 2.75) is 26.9 Å². The predicted octanol–water partition coefficient (Wildman–Crippen LogP) is 5.43. The van der Waals surface area contributed by atoms with E-state index in [2.05, 4.69) is 27.0 Å². The van der Waals surface area contributed by atoms with Crippen molar-refractivity contribution < 1.29 is 14.3 Å². The molecule has 3 amide bonds. The number of aromatic nitrogens is 1. The van der Waals surface area contributed by atoms with Gasteiger partial charge < -0.3 is 20.7 Å². The zero-order valence-corrected chi connectivity index (χ0v) is 20.6. The number of fused-ring (bicyclic) bond motifs is 1. The van der Waals surface area contributed by atoms with E-state index in [0.29, 0.717) is 31.8 Å². The second-order valence-corrected chi connectivity index (χ2v) is 9.20. The van der Waals surface area contributed by atoms with Gasteiger partial charge in [-0.1, -0.05) is 42.5 Å². The number of urea groups is 1. The lowest BCUT2D eigenvalue weighted by Gasteiger charge is -2.10. The fourth-order valence-electron chi connectivity index (χ4n) is 3.73. The molecule has 4 aromatic rings. The van der Waals surface area contributed by atoms with Crippen LogP contribution in [0.1, 0.15) is 33.0 Å². The number of nitrogens with zero attached hydrogens (tertiary/aromatic N) is 1. The van der Waals surface area contributed by atoms with Crippen LogP contribution in [0.3, 0.4) is 0 Å². The van der Waals surface area contributed by atoms with Crippen molar-refractivity contribution in [1.29, 1.82) is 0 Å². The SMILES string of the molecule is Cc1cc(C)cc(OCc2nc(C(=O)NCCCNC(=O)Nc3cccc4ccccc34)cs2)c1. The summed E-state index contributed by atoms with van der Waals surface area (Å²) < 4.78 is 5.82. The van der Waals surface area contributed by atoms with E-state index in [1.165, 1.54) is 11.3 Å². The van der Waals surface area contributed by atoms with Gasteiger partial charge in [-0.25, -0.2) is 9.78 Å². The minimum absolute atomic E-state index is 0.237. The molecule has 35 heavy (non-hydrogen) atoms. The first-order valence-electron chi connectivity index (χ1n) is 11.4. The van der Waals surface area contributed by atoms with Crippen LogP contribution in [0.5, 0.6) is 5.75 Å². The van der Waals surface area contributed by atoms with Gasteiger partial charge in [0.25, 0.3) is 5.91 Å². The van der Waals surface area contributed by atoms with Gasteiger partial charge in [0, 0.05) is 23.9 Å².